The van der Waals surface area contributed by atoms with Crippen LogP contribution in [0.3, 0.4) is 0 Å². The monoisotopic (exact) mass is 301 g/mol. The molecule has 90 valence electrons. The molecule has 0 fully saturated rings. The number of anilines is 1. The van der Waals surface area contributed by atoms with Crippen LogP contribution in [-0.2, 0) is 0 Å². The first-order valence-electron chi connectivity index (χ1n) is 5.67. The normalized spacial score (nSPS) is 11.0. The predicted molar refractivity (Wildman–Crippen MR) is 77.5 cm³/mol. The summed E-state index contributed by atoms with van der Waals surface area (Å²) in [6.07, 6.45) is 0. The van der Waals surface area contributed by atoms with E-state index in [1.54, 1.807) is 0 Å². The van der Waals surface area contributed by atoms with Gasteiger partial charge in [0.25, 0.3) is 0 Å². The largest absolute Gasteiger partial charge is 0.383 e. The zero-order valence-electron chi connectivity index (χ0n) is 9.89. The lowest BCUT2D eigenvalue weighted by atomic mass is 10.1. The van der Waals surface area contributed by atoms with E-state index in [9.17, 15) is 0 Å². The van der Waals surface area contributed by atoms with Crippen LogP contribution < -0.4 is 5.73 Å². The third kappa shape index (κ3) is 1.61. The molecule has 0 spiro atoms. The minimum Gasteiger partial charge on any atom is -0.383 e. The Bertz CT molecular complexity index is 731. The molecule has 0 bridgehead atoms. The van der Waals surface area contributed by atoms with Gasteiger partial charge in [-0.05, 0) is 25.1 Å². The second kappa shape index (κ2) is 4.14. The Balaban J connectivity index is 2.35. The van der Waals surface area contributed by atoms with E-state index in [4.69, 9.17) is 5.73 Å². The van der Waals surface area contributed by atoms with Crippen molar-refractivity contribution in [2.45, 2.75) is 6.92 Å². The van der Waals surface area contributed by atoms with Gasteiger partial charge in [-0.1, -0.05) is 40.2 Å². The number of halogens is 1. The van der Waals surface area contributed by atoms with Crippen LogP contribution >= 0.6 is 15.9 Å². The maximum atomic E-state index is 6.22. The van der Waals surface area contributed by atoms with E-state index in [1.807, 2.05) is 53.8 Å². The van der Waals surface area contributed by atoms with Crippen LogP contribution in [0.15, 0.2) is 46.9 Å². The SMILES string of the molecule is Cc1cccc2nc(-c3ccccc3Br)c(N)n12. The predicted octanol–water partition coefficient (Wildman–Crippen LogP) is 3.65. The van der Waals surface area contributed by atoms with Crippen molar-refractivity contribution >= 4 is 27.4 Å². The van der Waals surface area contributed by atoms with Crippen LogP contribution in [0.25, 0.3) is 16.9 Å². The van der Waals surface area contributed by atoms with Gasteiger partial charge in [0, 0.05) is 15.7 Å². The third-order valence-electron chi connectivity index (χ3n) is 3.00. The Labute approximate surface area is 113 Å². The molecule has 3 rings (SSSR count). The van der Waals surface area contributed by atoms with E-state index in [2.05, 4.69) is 20.9 Å². The van der Waals surface area contributed by atoms with Gasteiger partial charge in [-0.2, -0.15) is 0 Å². The number of pyridine rings is 1. The van der Waals surface area contributed by atoms with E-state index in [-0.39, 0.29) is 0 Å². The van der Waals surface area contributed by atoms with Gasteiger partial charge in [0.15, 0.2) is 0 Å². The van der Waals surface area contributed by atoms with E-state index < -0.39 is 0 Å². The number of hydrogen-bond donors (Lipinski definition) is 1. The molecule has 18 heavy (non-hydrogen) atoms. The molecule has 2 N–H and O–H groups in total. The number of nitrogens with zero attached hydrogens (tertiary/aromatic N) is 2. The summed E-state index contributed by atoms with van der Waals surface area (Å²) in [5, 5.41) is 0. The topological polar surface area (TPSA) is 43.3 Å². The van der Waals surface area contributed by atoms with Crippen molar-refractivity contribution in [3.8, 4) is 11.3 Å². The number of nitrogens with two attached hydrogens (primary N) is 1. The quantitative estimate of drug-likeness (QED) is 0.745. The van der Waals surface area contributed by atoms with Crippen molar-refractivity contribution in [2.75, 3.05) is 5.73 Å². The second-order valence-corrected chi connectivity index (χ2v) is 5.04. The van der Waals surface area contributed by atoms with E-state index in [1.165, 1.54) is 0 Å². The number of hydrogen-bond acceptors (Lipinski definition) is 2. The van der Waals surface area contributed by atoms with Gasteiger partial charge in [0.2, 0.25) is 0 Å². The molecule has 0 radical (unpaired) electrons. The second-order valence-electron chi connectivity index (χ2n) is 4.19. The molecule has 0 saturated heterocycles. The lowest BCUT2D eigenvalue weighted by molar-refractivity contribution is 1.10. The van der Waals surface area contributed by atoms with E-state index in [0.29, 0.717) is 5.82 Å². The summed E-state index contributed by atoms with van der Waals surface area (Å²) in [5.74, 6) is 0.676. The molecule has 0 aliphatic rings. The highest BCUT2D eigenvalue weighted by atomic mass is 79.9. The van der Waals surface area contributed by atoms with Crippen LogP contribution in [0.4, 0.5) is 5.82 Å². The Morgan fingerprint density at radius 2 is 1.89 bits per heavy atom. The molecule has 4 heteroatoms. The van der Waals surface area contributed by atoms with Crippen molar-refractivity contribution < 1.29 is 0 Å². The van der Waals surface area contributed by atoms with E-state index >= 15 is 0 Å². The number of imidazole rings is 1. The molecular weight excluding hydrogens is 290 g/mol. The molecule has 3 nitrogen and oxygen atoms in total. The lowest BCUT2D eigenvalue weighted by Gasteiger charge is -2.03. The van der Waals surface area contributed by atoms with E-state index in [0.717, 1.165) is 27.1 Å². The van der Waals surface area contributed by atoms with Crippen molar-refractivity contribution in [3.05, 3.63) is 52.6 Å². The number of aromatic nitrogens is 2. The summed E-state index contributed by atoms with van der Waals surface area (Å²) in [4.78, 5) is 4.61. The Morgan fingerprint density at radius 1 is 1.11 bits per heavy atom. The Kier molecular flexibility index (Phi) is 2.59. The molecule has 0 atom stereocenters. The smallest absolute Gasteiger partial charge is 0.139 e. The highest BCUT2D eigenvalue weighted by Gasteiger charge is 2.14. The Hall–Kier alpha value is -1.81. The molecule has 1 aromatic carbocycles. The highest BCUT2D eigenvalue weighted by Crippen LogP contribution is 2.32. The molecule has 0 saturated carbocycles. The fourth-order valence-electron chi connectivity index (χ4n) is 2.13. The van der Waals surface area contributed by atoms with Gasteiger partial charge >= 0.3 is 0 Å². The lowest BCUT2D eigenvalue weighted by Crippen LogP contribution is -1.97. The zero-order chi connectivity index (χ0) is 12.7. The molecule has 0 aliphatic heterocycles. The number of fused-ring (bicyclic) bond motifs is 1. The summed E-state index contributed by atoms with van der Waals surface area (Å²) in [5.41, 5.74) is 10.0. The van der Waals surface area contributed by atoms with Gasteiger partial charge in [-0.3, -0.25) is 4.40 Å². The van der Waals surface area contributed by atoms with Crippen LogP contribution in [0, 0.1) is 6.92 Å². The fourth-order valence-corrected chi connectivity index (χ4v) is 2.61. The number of rotatable bonds is 1. The minimum absolute atomic E-state index is 0.676. The molecule has 0 unspecified atom stereocenters. The van der Waals surface area contributed by atoms with Crippen molar-refractivity contribution in [1.82, 2.24) is 9.38 Å². The number of nitrogen functional groups attached to an aromatic ring is 1. The number of aryl methyl sites for hydroxylation is 1. The number of benzene rings is 1. The molecule has 2 heterocycles. The minimum atomic E-state index is 0.676. The Morgan fingerprint density at radius 3 is 2.61 bits per heavy atom. The van der Waals surface area contributed by atoms with Gasteiger partial charge in [0.1, 0.15) is 17.2 Å². The van der Waals surface area contributed by atoms with Crippen LogP contribution in [0.2, 0.25) is 0 Å². The van der Waals surface area contributed by atoms with Crippen molar-refractivity contribution in [2.24, 2.45) is 0 Å². The average Bonchev–Trinajstić information content (AvgIpc) is 2.69. The van der Waals surface area contributed by atoms with Gasteiger partial charge in [-0.25, -0.2) is 4.98 Å². The van der Waals surface area contributed by atoms with Crippen LogP contribution in [0.5, 0.6) is 0 Å². The highest BCUT2D eigenvalue weighted by molar-refractivity contribution is 9.10. The van der Waals surface area contributed by atoms with Gasteiger partial charge in [-0.15, -0.1) is 0 Å². The van der Waals surface area contributed by atoms with Crippen LogP contribution in [-0.4, -0.2) is 9.38 Å². The standard InChI is InChI=1S/C14H12BrN3/c1-9-5-4-8-12-17-13(14(16)18(9)12)10-6-2-3-7-11(10)15/h2-8H,16H2,1H3. The van der Waals surface area contributed by atoms with Crippen molar-refractivity contribution in [3.63, 3.8) is 0 Å². The molecular formula is C14H12BrN3. The maximum absolute atomic E-state index is 6.22. The van der Waals surface area contributed by atoms with Gasteiger partial charge < -0.3 is 5.73 Å². The maximum Gasteiger partial charge on any atom is 0.139 e. The first kappa shape index (κ1) is 11.3. The first-order valence-corrected chi connectivity index (χ1v) is 6.46. The summed E-state index contributed by atoms with van der Waals surface area (Å²) in [7, 11) is 0. The average molecular weight is 302 g/mol. The molecule has 2 aromatic heterocycles. The molecule has 3 aromatic rings. The molecule has 0 aliphatic carbocycles. The van der Waals surface area contributed by atoms with Gasteiger partial charge in [0.05, 0.1) is 0 Å². The fraction of sp³-hybridized carbons (Fsp3) is 0.0714. The summed E-state index contributed by atoms with van der Waals surface area (Å²) in [6.45, 7) is 2.02. The first-order chi connectivity index (χ1) is 8.68. The summed E-state index contributed by atoms with van der Waals surface area (Å²) < 4.78 is 2.96. The third-order valence-corrected chi connectivity index (χ3v) is 3.69. The van der Waals surface area contributed by atoms with Crippen molar-refractivity contribution in [1.29, 1.82) is 0 Å². The summed E-state index contributed by atoms with van der Waals surface area (Å²) >= 11 is 3.54. The molecule has 0 amide bonds. The zero-order valence-corrected chi connectivity index (χ0v) is 11.5. The van der Waals surface area contributed by atoms with Crippen LogP contribution in [0.1, 0.15) is 5.69 Å². The summed E-state index contributed by atoms with van der Waals surface area (Å²) in [6, 6.07) is 13.9.